The van der Waals surface area contributed by atoms with Crippen LogP contribution in [0.15, 0.2) is 12.2 Å². The summed E-state index contributed by atoms with van der Waals surface area (Å²) in [5.74, 6) is 1.33. The first kappa shape index (κ1) is 7.52. The number of rotatable bonds is 2. The molecule has 0 amide bonds. The van der Waals surface area contributed by atoms with Crippen molar-refractivity contribution in [2.24, 2.45) is 11.8 Å². The van der Waals surface area contributed by atoms with Crippen LogP contribution in [-0.4, -0.2) is 5.78 Å². The zero-order chi connectivity index (χ0) is 7.72. The van der Waals surface area contributed by atoms with E-state index in [0.717, 1.165) is 12.8 Å². The average molecular weight is 138 g/mol. The normalized spacial score (nSPS) is 31.0. The quantitative estimate of drug-likeness (QED) is 0.534. The van der Waals surface area contributed by atoms with Crippen LogP contribution in [0.2, 0.25) is 0 Å². The lowest BCUT2D eigenvalue weighted by atomic mass is 9.70. The summed E-state index contributed by atoms with van der Waals surface area (Å²) >= 11 is 0. The number of carbonyl (C=O) groups is 1. The van der Waals surface area contributed by atoms with Crippen LogP contribution >= 0.6 is 0 Å². The molecular formula is C9H14O. The van der Waals surface area contributed by atoms with Gasteiger partial charge in [-0.2, -0.15) is 0 Å². The first-order valence-corrected chi connectivity index (χ1v) is 3.77. The summed E-state index contributed by atoms with van der Waals surface area (Å²) in [6.45, 7) is 7.58. The summed E-state index contributed by atoms with van der Waals surface area (Å²) in [6, 6.07) is 0. The number of carbonyl (C=O) groups excluding carboxylic acids is 1. The highest BCUT2D eigenvalue weighted by Gasteiger charge is 2.32. The molecule has 10 heavy (non-hydrogen) atoms. The van der Waals surface area contributed by atoms with Crippen LogP contribution in [-0.2, 0) is 4.79 Å². The molecule has 0 radical (unpaired) electrons. The predicted molar refractivity (Wildman–Crippen MR) is 41.7 cm³/mol. The third-order valence-electron chi connectivity index (χ3n) is 2.41. The second-order valence-corrected chi connectivity index (χ2v) is 3.32. The van der Waals surface area contributed by atoms with Crippen molar-refractivity contribution < 1.29 is 4.79 Å². The molecule has 0 N–H and O–H groups in total. The van der Waals surface area contributed by atoms with Crippen LogP contribution in [0.5, 0.6) is 0 Å². The van der Waals surface area contributed by atoms with E-state index in [0.29, 0.717) is 17.6 Å². The van der Waals surface area contributed by atoms with E-state index in [1.807, 2.05) is 6.92 Å². The monoisotopic (exact) mass is 138 g/mol. The predicted octanol–water partition coefficient (Wildman–Crippen LogP) is 2.18. The first-order valence-electron chi connectivity index (χ1n) is 3.77. The molecule has 0 aromatic rings. The molecule has 56 valence electrons. The zero-order valence-corrected chi connectivity index (χ0v) is 6.68. The van der Waals surface area contributed by atoms with Gasteiger partial charge in [-0.15, -0.1) is 0 Å². The van der Waals surface area contributed by atoms with E-state index >= 15 is 0 Å². The minimum atomic E-state index is 0.345. The Labute approximate surface area is 62.1 Å². The van der Waals surface area contributed by atoms with Crippen LogP contribution < -0.4 is 0 Å². The largest absolute Gasteiger partial charge is 0.300 e. The van der Waals surface area contributed by atoms with E-state index in [1.54, 1.807) is 6.92 Å². The Kier molecular flexibility index (Phi) is 1.93. The molecule has 0 spiro atoms. The molecule has 1 rings (SSSR count). The highest BCUT2D eigenvalue weighted by atomic mass is 16.1. The summed E-state index contributed by atoms with van der Waals surface area (Å²) in [7, 11) is 0. The van der Waals surface area contributed by atoms with E-state index in [2.05, 4.69) is 6.58 Å². The van der Waals surface area contributed by atoms with Crippen LogP contribution in [0.25, 0.3) is 0 Å². The lowest BCUT2D eigenvalue weighted by molar-refractivity contribution is -0.124. The Balaban J connectivity index is 2.31. The van der Waals surface area contributed by atoms with E-state index < -0.39 is 0 Å². The van der Waals surface area contributed by atoms with E-state index in [1.165, 1.54) is 5.57 Å². The molecule has 1 heteroatoms. The Bertz CT molecular complexity index is 146. The highest BCUT2D eigenvalue weighted by Crippen LogP contribution is 2.38. The standard InChI is InChI=1S/C9H14O/c1-6(2)8-4-9(5-8)7(3)10/h8-9H,1,4-5H2,2-3H3. The lowest BCUT2D eigenvalue weighted by Crippen LogP contribution is -2.29. The fourth-order valence-electron chi connectivity index (χ4n) is 1.35. The SMILES string of the molecule is C=C(C)C1CC(C(C)=O)C1. The van der Waals surface area contributed by atoms with Gasteiger partial charge in [0, 0.05) is 5.92 Å². The Morgan fingerprint density at radius 3 is 2.10 bits per heavy atom. The van der Waals surface area contributed by atoms with Gasteiger partial charge in [0.25, 0.3) is 0 Å². The van der Waals surface area contributed by atoms with Gasteiger partial charge in [0.15, 0.2) is 0 Å². The van der Waals surface area contributed by atoms with Crippen LogP contribution in [0, 0.1) is 11.8 Å². The van der Waals surface area contributed by atoms with E-state index in [4.69, 9.17) is 0 Å². The van der Waals surface area contributed by atoms with Crippen molar-refractivity contribution >= 4 is 5.78 Å². The summed E-state index contributed by atoms with van der Waals surface area (Å²) in [5, 5.41) is 0. The average Bonchev–Trinajstić information content (AvgIpc) is 1.56. The fraction of sp³-hybridized carbons (Fsp3) is 0.667. The summed E-state index contributed by atoms with van der Waals surface area (Å²) in [4.78, 5) is 10.8. The van der Waals surface area contributed by atoms with Crippen molar-refractivity contribution in [3.63, 3.8) is 0 Å². The summed E-state index contributed by atoms with van der Waals surface area (Å²) < 4.78 is 0. The number of Topliss-reactive ketones (excluding diaryl/α,β-unsaturated/α-hetero) is 1. The third kappa shape index (κ3) is 1.28. The van der Waals surface area contributed by atoms with Crippen molar-refractivity contribution in [1.82, 2.24) is 0 Å². The summed E-state index contributed by atoms with van der Waals surface area (Å²) in [5.41, 5.74) is 1.23. The van der Waals surface area contributed by atoms with Crippen molar-refractivity contribution in [1.29, 1.82) is 0 Å². The molecule has 1 fully saturated rings. The first-order chi connectivity index (χ1) is 4.61. The van der Waals surface area contributed by atoms with Gasteiger partial charge in [-0.25, -0.2) is 0 Å². The maximum Gasteiger partial charge on any atom is 0.132 e. The molecule has 1 aliphatic carbocycles. The smallest absolute Gasteiger partial charge is 0.132 e. The lowest BCUT2D eigenvalue weighted by Gasteiger charge is -2.33. The number of ketones is 1. The van der Waals surface area contributed by atoms with Gasteiger partial charge >= 0.3 is 0 Å². The Morgan fingerprint density at radius 2 is 1.80 bits per heavy atom. The molecule has 1 saturated carbocycles. The fourth-order valence-corrected chi connectivity index (χ4v) is 1.35. The molecule has 0 aromatic heterocycles. The van der Waals surface area contributed by atoms with Crippen molar-refractivity contribution in [2.75, 3.05) is 0 Å². The third-order valence-corrected chi connectivity index (χ3v) is 2.41. The van der Waals surface area contributed by atoms with Gasteiger partial charge in [-0.3, -0.25) is 4.79 Å². The van der Waals surface area contributed by atoms with Crippen LogP contribution in [0.4, 0.5) is 0 Å². The van der Waals surface area contributed by atoms with Gasteiger partial charge in [0.2, 0.25) is 0 Å². The second-order valence-electron chi connectivity index (χ2n) is 3.32. The maximum atomic E-state index is 10.8. The number of allylic oxidation sites excluding steroid dienone is 1. The molecule has 1 nitrogen and oxygen atoms in total. The number of hydrogen-bond acceptors (Lipinski definition) is 1. The van der Waals surface area contributed by atoms with Gasteiger partial charge in [-0.1, -0.05) is 12.2 Å². The second kappa shape index (κ2) is 2.57. The molecule has 0 saturated heterocycles. The van der Waals surface area contributed by atoms with Crippen molar-refractivity contribution in [3.8, 4) is 0 Å². The zero-order valence-electron chi connectivity index (χ0n) is 6.68. The van der Waals surface area contributed by atoms with Crippen molar-refractivity contribution in [3.05, 3.63) is 12.2 Å². The van der Waals surface area contributed by atoms with E-state index in [-0.39, 0.29) is 0 Å². The summed E-state index contributed by atoms with van der Waals surface area (Å²) in [6.07, 6.45) is 2.09. The maximum absolute atomic E-state index is 10.8. The Hall–Kier alpha value is -0.590. The van der Waals surface area contributed by atoms with Crippen LogP contribution in [0.3, 0.4) is 0 Å². The molecule has 0 bridgehead atoms. The van der Waals surface area contributed by atoms with Crippen molar-refractivity contribution in [2.45, 2.75) is 26.7 Å². The van der Waals surface area contributed by atoms with Gasteiger partial charge in [0.05, 0.1) is 0 Å². The molecule has 0 unspecified atom stereocenters. The molecule has 0 atom stereocenters. The molecular weight excluding hydrogens is 124 g/mol. The Morgan fingerprint density at radius 1 is 1.30 bits per heavy atom. The molecule has 1 aliphatic rings. The minimum Gasteiger partial charge on any atom is -0.300 e. The minimum absolute atomic E-state index is 0.345. The number of hydrogen-bond donors (Lipinski definition) is 0. The van der Waals surface area contributed by atoms with E-state index in [9.17, 15) is 4.79 Å². The van der Waals surface area contributed by atoms with Gasteiger partial charge in [-0.05, 0) is 32.6 Å². The molecule has 0 aliphatic heterocycles. The highest BCUT2D eigenvalue weighted by molar-refractivity contribution is 5.79. The molecule has 0 aromatic carbocycles. The topological polar surface area (TPSA) is 17.1 Å². The van der Waals surface area contributed by atoms with Crippen LogP contribution in [0.1, 0.15) is 26.7 Å². The van der Waals surface area contributed by atoms with Gasteiger partial charge in [0.1, 0.15) is 5.78 Å². The molecule has 0 heterocycles. The van der Waals surface area contributed by atoms with Gasteiger partial charge < -0.3 is 0 Å².